The van der Waals surface area contributed by atoms with Gasteiger partial charge in [-0.15, -0.1) is 0 Å². The van der Waals surface area contributed by atoms with Crippen molar-refractivity contribution in [2.45, 2.75) is 44.2 Å². The van der Waals surface area contributed by atoms with Crippen molar-refractivity contribution in [1.82, 2.24) is 20.1 Å². The van der Waals surface area contributed by atoms with Crippen molar-refractivity contribution in [2.24, 2.45) is 0 Å². The molecule has 1 aliphatic rings. The monoisotopic (exact) mass is 288 g/mol. The first kappa shape index (κ1) is 14.2. The molecule has 21 heavy (non-hydrogen) atoms. The van der Waals surface area contributed by atoms with Crippen molar-refractivity contribution in [1.29, 1.82) is 0 Å². The number of halogens is 1. The molecule has 2 heterocycles. The Kier molecular flexibility index (Phi) is 4.29. The molecule has 1 fully saturated rings. The van der Waals surface area contributed by atoms with E-state index in [1.165, 1.54) is 31.7 Å². The van der Waals surface area contributed by atoms with E-state index in [1.54, 1.807) is 12.3 Å². The van der Waals surface area contributed by atoms with Crippen LogP contribution in [0.1, 0.15) is 49.2 Å². The number of rotatable bonds is 5. The van der Waals surface area contributed by atoms with E-state index in [2.05, 4.69) is 20.1 Å². The van der Waals surface area contributed by atoms with Crippen molar-refractivity contribution in [3.05, 3.63) is 47.8 Å². The van der Waals surface area contributed by atoms with Gasteiger partial charge in [0, 0.05) is 18.8 Å². The predicted octanol–water partition coefficient (Wildman–Crippen LogP) is 3.04. The van der Waals surface area contributed by atoms with E-state index in [0.29, 0.717) is 18.2 Å². The minimum Gasteiger partial charge on any atom is -0.311 e. The third-order valence-electron chi connectivity index (χ3n) is 4.24. The van der Waals surface area contributed by atoms with Crippen LogP contribution in [-0.2, 0) is 6.42 Å². The maximum Gasteiger partial charge on any atom is 0.146 e. The molecule has 0 aromatic carbocycles. The summed E-state index contributed by atoms with van der Waals surface area (Å²) in [6.07, 6.45) is 9.32. The molecule has 0 amide bonds. The number of hydrogen-bond acceptors (Lipinski definition) is 3. The lowest BCUT2D eigenvalue weighted by Crippen LogP contribution is -2.21. The molecule has 1 atom stereocenters. The fraction of sp³-hybridized carbons (Fsp3) is 0.500. The van der Waals surface area contributed by atoms with Crippen LogP contribution in [0, 0.1) is 5.82 Å². The summed E-state index contributed by atoms with van der Waals surface area (Å²) in [6.45, 7) is 0. The van der Waals surface area contributed by atoms with Crippen LogP contribution in [0.3, 0.4) is 0 Å². The average Bonchev–Trinajstić information content (AvgIpc) is 3.16. The van der Waals surface area contributed by atoms with Gasteiger partial charge in [0.15, 0.2) is 0 Å². The van der Waals surface area contributed by atoms with Crippen molar-refractivity contribution in [3.63, 3.8) is 0 Å². The van der Waals surface area contributed by atoms with Crippen LogP contribution < -0.4 is 5.32 Å². The molecule has 3 rings (SSSR count). The summed E-state index contributed by atoms with van der Waals surface area (Å²) < 4.78 is 15.9. The zero-order chi connectivity index (χ0) is 14.7. The molecule has 1 N–H and O–H groups in total. The van der Waals surface area contributed by atoms with E-state index in [4.69, 9.17) is 0 Å². The molecule has 2 aromatic rings. The highest BCUT2D eigenvalue weighted by Crippen LogP contribution is 2.29. The van der Waals surface area contributed by atoms with Gasteiger partial charge in [0.2, 0.25) is 0 Å². The normalized spacial score (nSPS) is 17.2. The van der Waals surface area contributed by atoms with Crippen LogP contribution >= 0.6 is 0 Å². The summed E-state index contributed by atoms with van der Waals surface area (Å²) in [7, 11) is 1.83. The van der Waals surface area contributed by atoms with Gasteiger partial charge in [-0.2, -0.15) is 5.10 Å². The van der Waals surface area contributed by atoms with Crippen LogP contribution in [0.4, 0.5) is 4.39 Å². The van der Waals surface area contributed by atoms with Gasteiger partial charge in [0.1, 0.15) is 5.82 Å². The van der Waals surface area contributed by atoms with Crippen LogP contribution in [0.15, 0.2) is 30.6 Å². The van der Waals surface area contributed by atoms with Crippen molar-refractivity contribution < 1.29 is 4.39 Å². The van der Waals surface area contributed by atoms with Crippen molar-refractivity contribution in [2.75, 3.05) is 7.05 Å². The molecule has 0 radical (unpaired) electrons. The Morgan fingerprint density at radius 1 is 1.38 bits per heavy atom. The Morgan fingerprint density at radius 2 is 2.19 bits per heavy atom. The maximum absolute atomic E-state index is 13.9. The Hall–Kier alpha value is -1.75. The van der Waals surface area contributed by atoms with Crippen LogP contribution in [-0.4, -0.2) is 21.8 Å². The number of pyridine rings is 1. The summed E-state index contributed by atoms with van der Waals surface area (Å²) in [5.41, 5.74) is 1.43. The minimum absolute atomic E-state index is 0.155. The van der Waals surface area contributed by atoms with E-state index < -0.39 is 0 Å². The van der Waals surface area contributed by atoms with E-state index in [1.807, 2.05) is 19.3 Å². The molecule has 5 heteroatoms. The van der Waals surface area contributed by atoms with Gasteiger partial charge in [-0.05, 0) is 38.1 Å². The van der Waals surface area contributed by atoms with Crippen molar-refractivity contribution >= 4 is 0 Å². The molecular formula is C16H21FN4. The third-order valence-corrected chi connectivity index (χ3v) is 4.24. The molecule has 1 saturated carbocycles. The lowest BCUT2D eigenvalue weighted by Gasteiger charge is -2.15. The smallest absolute Gasteiger partial charge is 0.146 e. The van der Waals surface area contributed by atoms with Crippen LogP contribution in [0.25, 0.3) is 0 Å². The van der Waals surface area contributed by atoms with Gasteiger partial charge in [-0.1, -0.05) is 12.8 Å². The number of nitrogens with one attached hydrogen (secondary N) is 1. The third kappa shape index (κ3) is 3.13. The first-order valence-corrected chi connectivity index (χ1v) is 7.59. The predicted molar refractivity (Wildman–Crippen MR) is 79.4 cm³/mol. The number of nitrogens with zero attached hydrogens (tertiary/aromatic N) is 3. The van der Waals surface area contributed by atoms with E-state index in [9.17, 15) is 4.39 Å². The summed E-state index contributed by atoms with van der Waals surface area (Å²) in [5, 5.41) is 7.80. The van der Waals surface area contributed by atoms with Crippen molar-refractivity contribution in [3.8, 4) is 0 Å². The summed E-state index contributed by atoms with van der Waals surface area (Å²) in [6, 6.07) is 5.48. The highest BCUT2D eigenvalue weighted by molar-refractivity contribution is 5.15. The minimum atomic E-state index is -0.271. The molecule has 2 aromatic heterocycles. The van der Waals surface area contributed by atoms with Gasteiger partial charge >= 0.3 is 0 Å². The Labute approximate surface area is 124 Å². The first-order valence-electron chi connectivity index (χ1n) is 7.59. The highest BCUT2D eigenvalue weighted by Gasteiger charge is 2.20. The molecule has 1 unspecified atom stereocenters. The maximum atomic E-state index is 13.9. The largest absolute Gasteiger partial charge is 0.311 e. The number of aromatic nitrogens is 3. The summed E-state index contributed by atoms with van der Waals surface area (Å²) in [4.78, 5) is 4.16. The fourth-order valence-corrected chi connectivity index (χ4v) is 3.06. The zero-order valence-electron chi connectivity index (χ0n) is 12.3. The molecule has 0 bridgehead atoms. The van der Waals surface area contributed by atoms with Crippen LogP contribution in [0.5, 0.6) is 0 Å². The highest BCUT2D eigenvalue weighted by atomic mass is 19.1. The summed E-state index contributed by atoms with van der Waals surface area (Å²) >= 11 is 0. The second kappa shape index (κ2) is 6.35. The van der Waals surface area contributed by atoms with Gasteiger partial charge in [-0.3, -0.25) is 9.67 Å². The molecule has 4 nitrogen and oxygen atoms in total. The topological polar surface area (TPSA) is 42.7 Å². The lowest BCUT2D eigenvalue weighted by molar-refractivity contribution is 0.456. The molecule has 0 aliphatic heterocycles. The average molecular weight is 288 g/mol. The van der Waals surface area contributed by atoms with Gasteiger partial charge in [-0.25, -0.2) is 4.39 Å². The molecular weight excluding hydrogens is 267 g/mol. The zero-order valence-corrected chi connectivity index (χ0v) is 12.3. The first-order chi connectivity index (χ1) is 10.3. The number of hydrogen-bond donors (Lipinski definition) is 1. The van der Waals surface area contributed by atoms with Crippen LogP contribution in [0.2, 0.25) is 0 Å². The molecule has 0 spiro atoms. The SMILES string of the molecule is CNC(Cc1ccn(C2CCCC2)n1)c1ncccc1F. The molecule has 112 valence electrons. The standard InChI is InChI=1S/C16H21FN4/c1-18-15(16-14(17)7-4-9-19-16)11-12-8-10-21(20-12)13-5-2-3-6-13/h4,7-10,13,15,18H,2-3,5-6,11H2,1H3. The quantitative estimate of drug-likeness (QED) is 0.919. The lowest BCUT2D eigenvalue weighted by atomic mass is 10.1. The second-order valence-corrected chi connectivity index (χ2v) is 5.64. The van der Waals surface area contributed by atoms with Gasteiger partial charge in [0.05, 0.1) is 23.5 Å². The molecule has 0 saturated heterocycles. The Bertz CT molecular complexity index is 589. The van der Waals surface area contributed by atoms with Gasteiger partial charge < -0.3 is 5.32 Å². The van der Waals surface area contributed by atoms with Gasteiger partial charge in [0.25, 0.3) is 0 Å². The van der Waals surface area contributed by atoms with E-state index in [0.717, 1.165) is 5.69 Å². The van der Waals surface area contributed by atoms with E-state index in [-0.39, 0.29) is 11.9 Å². The fourth-order valence-electron chi connectivity index (χ4n) is 3.06. The Morgan fingerprint density at radius 3 is 2.90 bits per heavy atom. The molecule has 1 aliphatic carbocycles. The summed E-state index contributed by atoms with van der Waals surface area (Å²) in [5.74, 6) is -0.271. The van der Waals surface area contributed by atoms with E-state index >= 15 is 0 Å². The Balaban J connectivity index is 1.74. The second-order valence-electron chi connectivity index (χ2n) is 5.64. The number of likely N-dealkylation sites (N-methyl/N-ethyl adjacent to an activating group) is 1.